The zero-order chi connectivity index (χ0) is 24.2. The molecule has 10 nitrogen and oxygen atoms in total. The molecule has 3 saturated carbocycles. The number of rotatable bonds is 8. The summed E-state index contributed by atoms with van der Waals surface area (Å²) in [5.41, 5.74) is 11.8. The average molecular weight is 485 g/mol. The Balaban J connectivity index is 1.40. The van der Waals surface area contributed by atoms with Crippen molar-refractivity contribution in [1.29, 1.82) is 0 Å². The number of nitrogens with two attached hydrogens (primary N) is 2. The molecule has 2 amide bonds. The van der Waals surface area contributed by atoms with Crippen molar-refractivity contribution in [3.8, 4) is 0 Å². The first-order valence-electron chi connectivity index (χ1n) is 10.6. The van der Waals surface area contributed by atoms with Gasteiger partial charge in [0.1, 0.15) is 22.6 Å². The summed E-state index contributed by atoms with van der Waals surface area (Å²) in [4.78, 5) is 43.2. The number of carbonyl (C=O) groups excluding carboxylic acids is 3. The van der Waals surface area contributed by atoms with Crippen LogP contribution in [0.1, 0.15) is 52.1 Å². The summed E-state index contributed by atoms with van der Waals surface area (Å²) >= 11 is 0.913. The number of nitrogens with zero attached hydrogens (tertiary/aromatic N) is 3. The Hall–Kier alpha value is -3.80. The van der Waals surface area contributed by atoms with E-state index >= 15 is 0 Å². The molecule has 34 heavy (non-hydrogen) atoms. The fourth-order valence-corrected chi connectivity index (χ4v) is 5.38. The van der Waals surface area contributed by atoms with E-state index in [1.54, 1.807) is 6.92 Å². The summed E-state index contributed by atoms with van der Waals surface area (Å²) < 4.78 is 18.5. The molecule has 12 heteroatoms. The zero-order valence-corrected chi connectivity index (χ0v) is 18.9. The maximum atomic E-state index is 13.4. The fourth-order valence-electron chi connectivity index (χ4n) is 4.35. The van der Waals surface area contributed by atoms with Gasteiger partial charge < -0.3 is 26.2 Å². The lowest BCUT2D eigenvalue weighted by Crippen LogP contribution is -2.68. The van der Waals surface area contributed by atoms with Gasteiger partial charge in [-0.1, -0.05) is 16.5 Å². The van der Waals surface area contributed by atoms with Gasteiger partial charge in [0.2, 0.25) is 17.5 Å². The third-order valence-electron chi connectivity index (χ3n) is 6.34. The molecule has 5 N–H and O–H groups in total. The molecule has 2 heterocycles. The molecule has 3 aliphatic rings. The predicted molar refractivity (Wildman–Crippen MR) is 121 cm³/mol. The Morgan fingerprint density at radius 1 is 1.26 bits per heavy atom. The SMILES string of the molecule is CC(C(N)=O)N(c1ccc(F)cc1)c1nc(N)c(C(=O)c2cc(C(=O)NC34CC(C3)C4)no2)s1. The van der Waals surface area contributed by atoms with Crippen molar-refractivity contribution in [1.82, 2.24) is 15.5 Å². The molecule has 1 aromatic carbocycles. The number of hydrogen-bond acceptors (Lipinski definition) is 9. The van der Waals surface area contributed by atoms with Gasteiger partial charge in [0.25, 0.3) is 5.91 Å². The number of carbonyl (C=O) groups is 3. The molecule has 176 valence electrons. The summed E-state index contributed by atoms with van der Waals surface area (Å²) in [6.07, 6.45) is 2.91. The van der Waals surface area contributed by atoms with Crippen molar-refractivity contribution < 1.29 is 23.3 Å². The van der Waals surface area contributed by atoms with Crippen molar-refractivity contribution in [2.24, 2.45) is 11.7 Å². The van der Waals surface area contributed by atoms with Crippen molar-refractivity contribution >= 4 is 45.6 Å². The maximum absolute atomic E-state index is 13.4. The lowest BCUT2D eigenvalue weighted by molar-refractivity contribution is -0.118. The van der Waals surface area contributed by atoms with Crippen molar-refractivity contribution in [2.75, 3.05) is 10.6 Å². The van der Waals surface area contributed by atoms with Gasteiger partial charge in [-0.15, -0.1) is 0 Å². The monoisotopic (exact) mass is 484 g/mol. The first kappa shape index (κ1) is 22.0. The number of primary amides is 1. The molecule has 0 radical (unpaired) electrons. The molecule has 3 aromatic rings. The van der Waals surface area contributed by atoms with Crippen LogP contribution in [-0.4, -0.2) is 39.3 Å². The summed E-state index contributed by atoms with van der Waals surface area (Å²) in [6, 6.07) is 5.78. The van der Waals surface area contributed by atoms with Gasteiger partial charge in [0, 0.05) is 17.3 Å². The fraction of sp³-hybridized carbons (Fsp3) is 0.318. The van der Waals surface area contributed by atoms with Gasteiger partial charge in [-0.3, -0.25) is 14.4 Å². The summed E-state index contributed by atoms with van der Waals surface area (Å²) in [7, 11) is 0. The number of amides is 2. The molecule has 6 rings (SSSR count). The van der Waals surface area contributed by atoms with Crippen LogP contribution in [0.2, 0.25) is 0 Å². The first-order chi connectivity index (χ1) is 16.2. The predicted octanol–water partition coefficient (Wildman–Crippen LogP) is 2.38. The smallest absolute Gasteiger partial charge is 0.273 e. The van der Waals surface area contributed by atoms with Gasteiger partial charge in [-0.2, -0.15) is 0 Å². The second-order valence-electron chi connectivity index (χ2n) is 8.75. The quantitative estimate of drug-likeness (QED) is 0.411. The maximum Gasteiger partial charge on any atom is 0.273 e. The average Bonchev–Trinajstić information content (AvgIpc) is 3.38. The van der Waals surface area contributed by atoms with Crippen molar-refractivity contribution in [2.45, 2.75) is 37.8 Å². The minimum Gasteiger partial charge on any atom is -0.382 e. The highest BCUT2D eigenvalue weighted by Crippen LogP contribution is 2.57. The molecule has 0 spiro atoms. The number of ketones is 1. The Kier molecular flexibility index (Phi) is 5.12. The lowest BCUT2D eigenvalue weighted by Gasteiger charge is -2.61. The Bertz CT molecular complexity index is 1290. The van der Waals surface area contributed by atoms with E-state index < -0.39 is 29.5 Å². The second-order valence-corrected chi connectivity index (χ2v) is 9.73. The van der Waals surface area contributed by atoms with E-state index in [9.17, 15) is 18.8 Å². The molecule has 2 bridgehead atoms. The van der Waals surface area contributed by atoms with E-state index in [1.807, 2.05) is 0 Å². The third-order valence-corrected chi connectivity index (χ3v) is 7.41. The molecule has 0 saturated heterocycles. The molecule has 2 aromatic heterocycles. The van der Waals surface area contributed by atoms with Crippen LogP contribution in [0.5, 0.6) is 0 Å². The van der Waals surface area contributed by atoms with E-state index in [-0.39, 0.29) is 32.8 Å². The van der Waals surface area contributed by atoms with E-state index in [1.165, 1.54) is 35.2 Å². The van der Waals surface area contributed by atoms with E-state index in [0.717, 1.165) is 30.6 Å². The highest BCUT2D eigenvalue weighted by molar-refractivity contribution is 7.18. The number of anilines is 3. The molecule has 0 aliphatic heterocycles. The van der Waals surface area contributed by atoms with Gasteiger partial charge >= 0.3 is 0 Å². The number of nitrogen functional groups attached to an aromatic ring is 1. The molecule has 1 atom stereocenters. The molecule has 3 aliphatic carbocycles. The topological polar surface area (TPSA) is 157 Å². The number of aromatic nitrogens is 2. The largest absolute Gasteiger partial charge is 0.382 e. The van der Waals surface area contributed by atoms with Crippen LogP contribution in [0.3, 0.4) is 0 Å². The molecule has 1 unspecified atom stereocenters. The lowest BCUT2D eigenvalue weighted by atomic mass is 9.50. The highest BCUT2D eigenvalue weighted by Gasteiger charge is 2.57. The molecule has 3 fully saturated rings. The van der Waals surface area contributed by atoms with Crippen LogP contribution in [0.15, 0.2) is 34.9 Å². The van der Waals surface area contributed by atoms with Crippen LogP contribution < -0.4 is 21.7 Å². The normalized spacial score (nSPS) is 21.2. The zero-order valence-electron chi connectivity index (χ0n) is 18.1. The van der Waals surface area contributed by atoms with Crippen LogP contribution >= 0.6 is 11.3 Å². The van der Waals surface area contributed by atoms with Crippen LogP contribution in [0.25, 0.3) is 0 Å². The van der Waals surface area contributed by atoms with Gasteiger partial charge in [-0.25, -0.2) is 9.37 Å². The van der Waals surface area contributed by atoms with Crippen LogP contribution in [0.4, 0.5) is 21.0 Å². The van der Waals surface area contributed by atoms with E-state index in [0.29, 0.717) is 11.6 Å². The number of benzene rings is 1. The molecular weight excluding hydrogens is 463 g/mol. The van der Waals surface area contributed by atoms with Gasteiger partial charge in [-0.05, 0) is 56.4 Å². The Morgan fingerprint density at radius 2 is 1.94 bits per heavy atom. The van der Waals surface area contributed by atoms with Gasteiger partial charge in [0.15, 0.2) is 10.8 Å². The second kappa shape index (κ2) is 7.90. The number of thiazole rings is 1. The van der Waals surface area contributed by atoms with Crippen LogP contribution in [0, 0.1) is 11.7 Å². The Labute approximate surface area is 197 Å². The third kappa shape index (κ3) is 3.69. The first-order valence-corrected chi connectivity index (χ1v) is 11.4. The summed E-state index contributed by atoms with van der Waals surface area (Å²) in [5, 5.41) is 6.90. The minimum absolute atomic E-state index is 0.00618. The van der Waals surface area contributed by atoms with E-state index in [4.69, 9.17) is 16.0 Å². The van der Waals surface area contributed by atoms with Crippen molar-refractivity contribution in [3.05, 3.63) is 52.5 Å². The number of halogens is 1. The van der Waals surface area contributed by atoms with E-state index in [2.05, 4.69) is 15.5 Å². The summed E-state index contributed by atoms with van der Waals surface area (Å²) in [5.74, 6) is -1.67. The minimum atomic E-state index is -0.864. The van der Waals surface area contributed by atoms with Crippen LogP contribution in [-0.2, 0) is 4.79 Å². The molecular formula is C22H21FN6O4S. The number of nitrogens with one attached hydrogen (secondary N) is 1. The summed E-state index contributed by atoms with van der Waals surface area (Å²) in [6.45, 7) is 1.55. The standard InChI is InChI=1S/C22H21FN6O4S/c1-10(19(25)31)29(13-4-2-12(23)3-5-13)21-26-18(24)17(34-21)16(30)15-6-14(28-33-15)20(32)27-22-7-11(8-22)9-22/h2-6,10-11H,7-9,24H2,1H3,(H2,25,31)(H,27,32). The van der Waals surface area contributed by atoms with Gasteiger partial charge in [0.05, 0.1) is 0 Å². The Morgan fingerprint density at radius 3 is 2.53 bits per heavy atom. The van der Waals surface area contributed by atoms with Crippen molar-refractivity contribution in [3.63, 3.8) is 0 Å². The number of hydrogen-bond donors (Lipinski definition) is 3. The highest BCUT2D eigenvalue weighted by atomic mass is 32.1.